The topological polar surface area (TPSA) is 22.2 Å². The van der Waals surface area contributed by atoms with Crippen LogP contribution in [0, 0.1) is 0 Å². The van der Waals surface area contributed by atoms with E-state index in [1.54, 1.807) is 0 Å². The second-order valence-corrected chi connectivity index (χ2v) is 14.0. The van der Waals surface area contributed by atoms with E-state index < -0.39 is 0 Å². The van der Waals surface area contributed by atoms with Gasteiger partial charge in [-0.15, -0.1) is 0 Å². The summed E-state index contributed by atoms with van der Waals surface area (Å²) in [5, 5.41) is 7.52. The van der Waals surface area contributed by atoms with Crippen molar-refractivity contribution in [1.82, 2.24) is 14.0 Å². The molecule has 3 nitrogen and oxygen atoms in total. The van der Waals surface area contributed by atoms with E-state index in [1.807, 2.05) is 6.20 Å². The first kappa shape index (κ1) is 26.8. The van der Waals surface area contributed by atoms with Gasteiger partial charge in [0.15, 0.2) is 0 Å². The van der Waals surface area contributed by atoms with Crippen LogP contribution in [0.1, 0.15) is 25.0 Å². The number of hydrogen-bond donors (Lipinski definition) is 0. The van der Waals surface area contributed by atoms with E-state index in [-0.39, 0.29) is 5.41 Å². The molecule has 0 amide bonds. The standard InChI is InChI=1S/C46H31N3/c1-46(2)37-16-8-5-12-32(37)36-25-28(19-21-38(36)46)29-23-24-47-43(27-29)48-40-18-10-7-15-35(40)44-41(48)22-20-30-26-42-34-14-4-3-11-31(34)33-13-6-9-17-39(33)49(42)45(30)44/h3-27H,1-2H3. The van der Waals surface area contributed by atoms with Crippen LogP contribution in [0.25, 0.3) is 88.0 Å². The minimum Gasteiger partial charge on any atom is -0.308 e. The number of aromatic nitrogens is 3. The normalized spacial score (nSPS) is 13.7. The molecule has 4 aromatic heterocycles. The molecule has 1 aliphatic carbocycles. The third-order valence-corrected chi connectivity index (χ3v) is 11.1. The number of hydrogen-bond acceptors (Lipinski definition) is 1. The number of fused-ring (bicyclic) bond motifs is 15. The molecule has 0 aliphatic heterocycles. The van der Waals surface area contributed by atoms with Gasteiger partial charge in [-0.2, -0.15) is 0 Å². The van der Waals surface area contributed by atoms with Crippen LogP contribution in [-0.2, 0) is 5.41 Å². The van der Waals surface area contributed by atoms with Crippen molar-refractivity contribution in [3.63, 3.8) is 0 Å². The maximum atomic E-state index is 5.02. The van der Waals surface area contributed by atoms with E-state index in [2.05, 4.69) is 168 Å². The molecule has 0 saturated carbocycles. The average molecular weight is 626 g/mol. The molecule has 1 aliphatic rings. The molecule has 0 atom stereocenters. The van der Waals surface area contributed by atoms with Crippen LogP contribution >= 0.6 is 0 Å². The lowest BCUT2D eigenvalue weighted by Crippen LogP contribution is -2.14. The zero-order valence-electron chi connectivity index (χ0n) is 27.3. The number of pyridine rings is 2. The van der Waals surface area contributed by atoms with Gasteiger partial charge in [-0.1, -0.05) is 117 Å². The van der Waals surface area contributed by atoms with Gasteiger partial charge in [0.25, 0.3) is 0 Å². The van der Waals surface area contributed by atoms with Crippen molar-refractivity contribution in [2.45, 2.75) is 19.3 Å². The van der Waals surface area contributed by atoms with Crippen molar-refractivity contribution >= 4 is 59.9 Å². The molecule has 230 valence electrons. The van der Waals surface area contributed by atoms with Gasteiger partial charge in [0.2, 0.25) is 0 Å². The van der Waals surface area contributed by atoms with Crippen LogP contribution in [0.2, 0.25) is 0 Å². The fourth-order valence-corrected chi connectivity index (χ4v) is 8.90. The molecule has 0 unspecified atom stereocenters. The molecule has 0 radical (unpaired) electrons. The molecule has 0 fully saturated rings. The third-order valence-electron chi connectivity index (χ3n) is 11.1. The lowest BCUT2D eigenvalue weighted by atomic mass is 9.82. The van der Waals surface area contributed by atoms with Crippen LogP contribution in [0.4, 0.5) is 0 Å². The number of nitrogens with zero attached hydrogens (tertiary/aromatic N) is 3. The number of benzene rings is 6. The van der Waals surface area contributed by atoms with Crippen molar-refractivity contribution in [3.05, 3.63) is 163 Å². The van der Waals surface area contributed by atoms with E-state index in [0.717, 1.165) is 22.4 Å². The molecular formula is C46H31N3. The molecule has 11 rings (SSSR count). The Morgan fingerprint density at radius 2 is 1.16 bits per heavy atom. The molecule has 0 saturated heterocycles. The van der Waals surface area contributed by atoms with E-state index in [0.29, 0.717) is 0 Å². The molecule has 10 aromatic rings. The zero-order valence-corrected chi connectivity index (χ0v) is 27.3. The largest absolute Gasteiger partial charge is 0.308 e. The Morgan fingerprint density at radius 3 is 2.02 bits per heavy atom. The Hall–Kier alpha value is -6.19. The fraction of sp³-hybridized carbons (Fsp3) is 0.0652. The molecule has 3 heteroatoms. The lowest BCUT2D eigenvalue weighted by Gasteiger charge is -2.21. The van der Waals surface area contributed by atoms with Crippen molar-refractivity contribution < 1.29 is 0 Å². The van der Waals surface area contributed by atoms with Crippen LogP contribution < -0.4 is 0 Å². The highest BCUT2D eigenvalue weighted by Crippen LogP contribution is 2.49. The fourth-order valence-electron chi connectivity index (χ4n) is 8.90. The van der Waals surface area contributed by atoms with Crippen molar-refractivity contribution in [3.8, 4) is 28.1 Å². The molecule has 6 aromatic carbocycles. The van der Waals surface area contributed by atoms with E-state index in [4.69, 9.17) is 4.98 Å². The monoisotopic (exact) mass is 625 g/mol. The van der Waals surface area contributed by atoms with Crippen LogP contribution in [0.3, 0.4) is 0 Å². The summed E-state index contributed by atoms with van der Waals surface area (Å²) in [6, 6.07) is 53.5. The summed E-state index contributed by atoms with van der Waals surface area (Å²) in [4.78, 5) is 5.02. The number of para-hydroxylation sites is 2. The summed E-state index contributed by atoms with van der Waals surface area (Å²) >= 11 is 0. The highest BCUT2D eigenvalue weighted by atomic mass is 15.1. The van der Waals surface area contributed by atoms with Gasteiger partial charge < -0.3 is 4.40 Å². The summed E-state index contributed by atoms with van der Waals surface area (Å²) in [5.74, 6) is 0.917. The summed E-state index contributed by atoms with van der Waals surface area (Å²) in [7, 11) is 0. The quantitative estimate of drug-likeness (QED) is 0.175. The third kappa shape index (κ3) is 3.49. The van der Waals surface area contributed by atoms with Gasteiger partial charge in [-0.3, -0.25) is 4.57 Å². The molecule has 49 heavy (non-hydrogen) atoms. The molecule has 0 spiro atoms. The smallest absolute Gasteiger partial charge is 0.138 e. The van der Waals surface area contributed by atoms with Crippen molar-refractivity contribution in [2.24, 2.45) is 0 Å². The lowest BCUT2D eigenvalue weighted by molar-refractivity contribution is 0.660. The first-order chi connectivity index (χ1) is 24.1. The second kappa shape index (κ2) is 9.46. The van der Waals surface area contributed by atoms with Gasteiger partial charge in [0.1, 0.15) is 5.82 Å². The van der Waals surface area contributed by atoms with Gasteiger partial charge in [0, 0.05) is 38.5 Å². The summed E-state index contributed by atoms with van der Waals surface area (Å²) in [6.45, 7) is 4.67. The van der Waals surface area contributed by atoms with E-state index in [9.17, 15) is 0 Å². The maximum absolute atomic E-state index is 5.02. The highest BCUT2D eigenvalue weighted by Gasteiger charge is 2.35. The first-order valence-electron chi connectivity index (χ1n) is 17.1. The second-order valence-electron chi connectivity index (χ2n) is 14.0. The Balaban J connectivity index is 1.18. The minimum atomic E-state index is -0.0111. The Kier molecular flexibility index (Phi) is 5.18. The zero-order chi connectivity index (χ0) is 32.4. The highest BCUT2D eigenvalue weighted by molar-refractivity contribution is 6.24. The van der Waals surface area contributed by atoms with Crippen molar-refractivity contribution in [1.29, 1.82) is 0 Å². The van der Waals surface area contributed by atoms with E-state index in [1.165, 1.54) is 76.7 Å². The Morgan fingerprint density at radius 1 is 0.490 bits per heavy atom. The molecular weight excluding hydrogens is 595 g/mol. The van der Waals surface area contributed by atoms with Gasteiger partial charge in [0.05, 0.1) is 27.6 Å². The summed E-state index contributed by atoms with van der Waals surface area (Å²) < 4.78 is 4.84. The Bertz CT molecular complexity index is 3030. The molecule has 0 N–H and O–H groups in total. The Labute approximate surface area is 283 Å². The summed E-state index contributed by atoms with van der Waals surface area (Å²) in [6.07, 6.45) is 1.96. The predicted octanol–water partition coefficient (Wildman–Crippen LogP) is 11.9. The average Bonchev–Trinajstić information content (AvgIpc) is 3.78. The van der Waals surface area contributed by atoms with Gasteiger partial charge >= 0.3 is 0 Å². The molecule has 0 bridgehead atoms. The predicted molar refractivity (Wildman–Crippen MR) is 205 cm³/mol. The van der Waals surface area contributed by atoms with Crippen LogP contribution in [0.5, 0.6) is 0 Å². The SMILES string of the molecule is CC1(C)c2ccccc2-c2cc(-c3ccnc(-n4c5ccccc5c5c4ccc4cc6c7ccccc7c7ccccc7n6c45)c3)ccc21. The van der Waals surface area contributed by atoms with Crippen LogP contribution in [-0.4, -0.2) is 14.0 Å². The number of rotatable bonds is 2. The summed E-state index contributed by atoms with van der Waals surface area (Å²) in [5.41, 5.74) is 13.8. The van der Waals surface area contributed by atoms with Gasteiger partial charge in [-0.05, 0) is 81.2 Å². The minimum absolute atomic E-state index is 0.0111. The van der Waals surface area contributed by atoms with Crippen LogP contribution in [0.15, 0.2) is 152 Å². The first-order valence-corrected chi connectivity index (χ1v) is 17.1. The van der Waals surface area contributed by atoms with E-state index >= 15 is 0 Å². The molecule has 4 heterocycles. The maximum Gasteiger partial charge on any atom is 0.138 e. The van der Waals surface area contributed by atoms with Crippen molar-refractivity contribution in [2.75, 3.05) is 0 Å². The van der Waals surface area contributed by atoms with Gasteiger partial charge in [-0.25, -0.2) is 4.98 Å².